The third-order valence-electron chi connectivity index (χ3n) is 9.95. The largest absolute Gasteiger partial charge is 0.277 e. The molecule has 0 bridgehead atoms. The van der Waals surface area contributed by atoms with Crippen molar-refractivity contribution < 1.29 is 0 Å². The van der Waals surface area contributed by atoms with Gasteiger partial charge < -0.3 is 0 Å². The number of nitrogens with zero attached hydrogens (tertiary/aromatic N) is 3. The fourth-order valence-corrected chi connectivity index (χ4v) is 7.33. The number of rotatable bonds is 5. The second-order valence-corrected chi connectivity index (χ2v) is 13.2. The Morgan fingerprint density at radius 2 is 0.784 bits per heavy atom. The number of benzene rings is 8. The molecule has 0 N–H and O–H groups in total. The van der Waals surface area contributed by atoms with Crippen molar-refractivity contribution in [1.29, 1.82) is 0 Å². The predicted octanol–water partition coefficient (Wildman–Crippen LogP) is 12.5. The standard InChI is InChI=1S/C48H31N3/c1-2-16-45(17-3-1)51-47(50-46-30-44(31-49-48(46)51)40-23-20-34-12-6-9-15-37(34)26-40)43-28-41(38-21-18-32-10-4-7-13-35(32)24-38)27-42(29-43)39-22-19-33-11-5-8-14-36(33)25-39/h1-31H. The molecule has 0 saturated carbocycles. The van der Waals surface area contributed by atoms with Gasteiger partial charge in [0.2, 0.25) is 0 Å². The molecule has 0 radical (unpaired) electrons. The van der Waals surface area contributed by atoms with Crippen LogP contribution in [-0.2, 0) is 0 Å². The van der Waals surface area contributed by atoms with E-state index in [4.69, 9.17) is 9.97 Å². The van der Waals surface area contributed by atoms with Gasteiger partial charge in [0.15, 0.2) is 5.65 Å². The Labute approximate surface area is 295 Å². The summed E-state index contributed by atoms with van der Waals surface area (Å²) in [5.41, 5.74) is 10.5. The summed E-state index contributed by atoms with van der Waals surface area (Å²) in [5, 5.41) is 7.32. The van der Waals surface area contributed by atoms with Gasteiger partial charge in [-0.15, -0.1) is 0 Å². The molecular formula is C48H31N3. The molecule has 3 nitrogen and oxygen atoms in total. The molecule has 0 spiro atoms. The highest BCUT2D eigenvalue weighted by atomic mass is 15.1. The van der Waals surface area contributed by atoms with Crippen molar-refractivity contribution in [2.75, 3.05) is 0 Å². The Kier molecular flexibility index (Phi) is 6.81. The van der Waals surface area contributed by atoms with Crippen LogP contribution in [-0.4, -0.2) is 14.5 Å². The molecule has 0 saturated heterocycles. The molecule has 0 fully saturated rings. The zero-order chi connectivity index (χ0) is 33.7. The molecule has 2 aromatic heterocycles. The summed E-state index contributed by atoms with van der Waals surface area (Å²) in [6.07, 6.45) is 1.98. The smallest absolute Gasteiger partial charge is 0.164 e. The second-order valence-electron chi connectivity index (χ2n) is 13.2. The van der Waals surface area contributed by atoms with Gasteiger partial charge >= 0.3 is 0 Å². The molecule has 10 rings (SSSR count). The Morgan fingerprint density at radius 1 is 0.333 bits per heavy atom. The average Bonchev–Trinajstić information content (AvgIpc) is 3.59. The molecule has 10 aromatic rings. The van der Waals surface area contributed by atoms with Gasteiger partial charge in [-0.2, -0.15) is 0 Å². The molecule has 0 atom stereocenters. The minimum atomic E-state index is 0.823. The van der Waals surface area contributed by atoms with Gasteiger partial charge in [-0.05, 0) is 115 Å². The number of aromatic nitrogens is 3. The summed E-state index contributed by atoms with van der Waals surface area (Å²) in [4.78, 5) is 10.5. The normalized spacial score (nSPS) is 11.5. The van der Waals surface area contributed by atoms with Gasteiger partial charge in [-0.1, -0.05) is 127 Å². The first-order valence-electron chi connectivity index (χ1n) is 17.3. The van der Waals surface area contributed by atoms with Crippen LogP contribution in [0.4, 0.5) is 0 Å². The highest BCUT2D eigenvalue weighted by Gasteiger charge is 2.19. The van der Waals surface area contributed by atoms with Crippen LogP contribution in [0, 0.1) is 0 Å². The molecule has 8 aromatic carbocycles. The molecule has 0 unspecified atom stereocenters. The van der Waals surface area contributed by atoms with Crippen LogP contribution in [0.25, 0.3) is 93.9 Å². The van der Waals surface area contributed by atoms with Crippen molar-refractivity contribution >= 4 is 43.5 Å². The number of hydrogen-bond donors (Lipinski definition) is 0. The van der Waals surface area contributed by atoms with E-state index in [1.54, 1.807) is 0 Å². The first-order valence-corrected chi connectivity index (χ1v) is 17.3. The van der Waals surface area contributed by atoms with E-state index in [1.165, 1.54) is 32.3 Å². The summed E-state index contributed by atoms with van der Waals surface area (Å²) >= 11 is 0. The monoisotopic (exact) mass is 649 g/mol. The Bertz CT molecular complexity index is 2820. The summed E-state index contributed by atoms with van der Waals surface area (Å²) in [6.45, 7) is 0. The van der Waals surface area contributed by atoms with Gasteiger partial charge in [-0.3, -0.25) is 4.57 Å². The maximum absolute atomic E-state index is 5.38. The number of para-hydroxylation sites is 1. The van der Waals surface area contributed by atoms with Gasteiger partial charge in [0.25, 0.3) is 0 Å². The topological polar surface area (TPSA) is 30.7 Å². The summed E-state index contributed by atoms with van der Waals surface area (Å²) in [6, 6.07) is 65.0. The first-order chi connectivity index (χ1) is 25.2. The molecule has 0 amide bonds. The summed E-state index contributed by atoms with van der Waals surface area (Å²) < 4.78 is 2.20. The lowest BCUT2D eigenvalue weighted by molar-refractivity contribution is 1.08. The third kappa shape index (κ3) is 5.24. The number of fused-ring (bicyclic) bond motifs is 4. The van der Waals surface area contributed by atoms with Crippen LogP contribution in [0.1, 0.15) is 0 Å². The lowest BCUT2D eigenvalue weighted by Crippen LogP contribution is -1.99. The Hall–Kier alpha value is -6.84. The molecule has 238 valence electrons. The number of hydrogen-bond acceptors (Lipinski definition) is 2. The molecular weight excluding hydrogens is 619 g/mol. The summed E-state index contributed by atoms with van der Waals surface area (Å²) in [5.74, 6) is 0.851. The van der Waals surface area contributed by atoms with Crippen molar-refractivity contribution in [2.24, 2.45) is 0 Å². The highest BCUT2D eigenvalue weighted by molar-refractivity contribution is 5.93. The lowest BCUT2D eigenvalue weighted by Gasteiger charge is -2.14. The van der Waals surface area contributed by atoms with E-state index >= 15 is 0 Å². The van der Waals surface area contributed by atoms with Crippen molar-refractivity contribution in [3.8, 4) is 50.5 Å². The Morgan fingerprint density at radius 3 is 1.31 bits per heavy atom. The van der Waals surface area contributed by atoms with E-state index < -0.39 is 0 Å². The maximum atomic E-state index is 5.38. The summed E-state index contributed by atoms with van der Waals surface area (Å²) in [7, 11) is 0. The van der Waals surface area contributed by atoms with E-state index in [0.29, 0.717) is 0 Å². The van der Waals surface area contributed by atoms with E-state index in [2.05, 4.69) is 180 Å². The fourth-order valence-electron chi connectivity index (χ4n) is 7.33. The molecule has 51 heavy (non-hydrogen) atoms. The molecule has 3 heteroatoms. The van der Waals surface area contributed by atoms with Crippen LogP contribution in [0.2, 0.25) is 0 Å². The van der Waals surface area contributed by atoms with Crippen molar-refractivity contribution in [1.82, 2.24) is 14.5 Å². The predicted molar refractivity (Wildman–Crippen MR) is 213 cm³/mol. The van der Waals surface area contributed by atoms with Crippen LogP contribution in [0.15, 0.2) is 188 Å². The lowest BCUT2D eigenvalue weighted by atomic mass is 9.93. The fraction of sp³-hybridized carbons (Fsp3) is 0. The minimum absolute atomic E-state index is 0.823. The molecule has 0 aliphatic heterocycles. The van der Waals surface area contributed by atoms with Crippen LogP contribution in [0.5, 0.6) is 0 Å². The van der Waals surface area contributed by atoms with E-state index in [-0.39, 0.29) is 0 Å². The van der Waals surface area contributed by atoms with Crippen molar-refractivity contribution in [3.63, 3.8) is 0 Å². The van der Waals surface area contributed by atoms with Crippen LogP contribution >= 0.6 is 0 Å². The zero-order valence-corrected chi connectivity index (χ0v) is 27.7. The van der Waals surface area contributed by atoms with E-state index in [1.807, 2.05) is 12.3 Å². The van der Waals surface area contributed by atoms with Gasteiger partial charge in [0.1, 0.15) is 11.3 Å². The van der Waals surface area contributed by atoms with Gasteiger partial charge in [-0.25, -0.2) is 9.97 Å². The molecule has 0 aliphatic carbocycles. The van der Waals surface area contributed by atoms with Crippen molar-refractivity contribution in [3.05, 3.63) is 188 Å². The zero-order valence-electron chi connectivity index (χ0n) is 27.7. The maximum Gasteiger partial charge on any atom is 0.164 e. The van der Waals surface area contributed by atoms with Crippen LogP contribution < -0.4 is 0 Å². The average molecular weight is 650 g/mol. The quantitative estimate of drug-likeness (QED) is 0.186. The van der Waals surface area contributed by atoms with E-state index in [9.17, 15) is 0 Å². The Balaban J connectivity index is 1.20. The highest BCUT2D eigenvalue weighted by Crippen LogP contribution is 2.37. The van der Waals surface area contributed by atoms with Crippen LogP contribution in [0.3, 0.4) is 0 Å². The SMILES string of the molecule is c1ccc(-n2c(-c3cc(-c4ccc5ccccc5c4)cc(-c4ccc5ccccc5c4)c3)nc3cc(-c4ccc5ccccc5c4)cnc32)cc1. The van der Waals surface area contributed by atoms with Gasteiger partial charge in [0, 0.05) is 23.0 Å². The van der Waals surface area contributed by atoms with Gasteiger partial charge in [0.05, 0.1) is 0 Å². The van der Waals surface area contributed by atoms with Crippen molar-refractivity contribution in [2.45, 2.75) is 0 Å². The number of pyridine rings is 1. The first kappa shape index (κ1) is 29.1. The molecule has 2 heterocycles. The molecule has 0 aliphatic rings. The third-order valence-corrected chi connectivity index (χ3v) is 9.95. The van der Waals surface area contributed by atoms with E-state index in [0.717, 1.165) is 61.6 Å². The minimum Gasteiger partial charge on any atom is -0.277 e. The number of imidazole rings is 1. The second kappa shape index (κ2) is 11.9.